The van der Waals surface area contributed by atoms with Gasteiger partial charge in [0.25, 0.3) is 11.5 Å². The van der Waals surface area contributed by atoms with Crippen molar-refractivity contribution < 1.29 is 18.0 Å². The molecule has 9 heteroatoms. The monoisotopic (exact) mass is 421 g/mol. The van der Waals surface area contributed by atoms with Gasteiger partial charge in [0.15, 0.2) is 0 Å². The zero-order valence-electron chi connectivity index (χ0n) is 15.0. The predicted octanol–water partition coefficient (Wildman–Crippen LogP) is 4.58. The number of anilines is 1. The predicted molar refractivity (Wildman–Crippen MR) is 104 cm³/mol. The maximum absolute atomic E-state index is 13.0. The van der Waals surface area contributed by atoms with Gasteiger partial charge in [0, 0.05) is 16.4 Å². The molecule has 0 unspecified atom stereocenters. The van der Waals surface area contributed by atoms with E-state index in [1.165, 1.54) is 24.3 Å². The van der Waals surface area contributed by atoms with Crippen molar-refractivity contribution in [1.82, 2.24) is 9.99 Å². The fourth-order valence-electron chi connectivity index (χ4n) is 2.67. The molecule has 0 atom stereocenters. The zero-order chi connectivity index (χ0) is 21.2. The van der Waals surface area contributed by atoms with E-state index in [0.29, 0.717) is 16.4 Å². The first-order valence-corrected chi connectivity index (χ1v) is 8.77. The number of alkyl halides is 3. The molecule has 2 aromatic carbocycles. The third-order valence-corrected chi connectivity index (χ3v) is 4.37. The number of carbonyl (C=O) groups is 1. The number of amides is 1. The van der Waals surface area contributed by atoms with Gasteiger partial charge in [-0.1, -0.05) is 17.7 Å². The van der Waals surface area contributed by atoms with Crippen molar-refractivity contribution >= 4 is 23.2 Å². The van der Waals surface area contributed by atoms with E-state index in [0.717, 1.165) is 16.7 Å². The normalized spacial score (nSPS) is 11.2. The molecule has 1 amide bonds. The van der Waals surface area contributed by atoms with Crippen molar-refractivity contribution in [3.05, 3.63) is 92.9 Å². The SMILES string of the molecule is Cc1ccc(C(=O)NNc2ccc(Cl)cc2)c(=O)n1-c1cccc(C(F)(F)F)c1. The molecule has 3 aromatic rings. The second kappa shape index (κ2) is 8.00. The Kier molecular flexibility index (Phi) is 5.65. The summed E-state index contributed by atoms with van der Waals surface area (Å²) in [6.07, 6.45) is -4.55. The standard InChI is InChI=1S/C20H15ClF3N3O2/c1-12-5-10-17(18(28)26-25-15-8-6-14(21)7-9-15)19(29)27(12)16-4-2-3-13(11-16)20(22,23)24/h2-11,25H,1H3,(H,26,28). The largest absolute Gasteiger partial charge is 0.416 e. The van der Waals surface area contributed by atoms with Crippen LogP contribution in [0, 0.1) is 6.92 Å². The minimum Gasteiger partial charge on any atom is -0.298 e. The van der Waals surface area contributed by atoms with Gasteiger partial charge >= 0.3 is 6.18 Å². The van der Waals surface area contributed by atoms with Gasteiger partial charge in [-0.15, -0.1) is 0 Å². The molecule has 0 aliphatic heterocycles. The lowest BCUT2D eigenvalue weighted by Crippen LogP contribution is -2.36. The van der Waals surface area contributed by atoms with Crippen LogP contribution in [0.25, 0.3) is 5.69 Å². The Labute approximate surface area is 168 Å². The number of nitrogens with zero attached hydrogens (tertiary/aromatic N) is 1. The van der Waals surface area contributed by atoms with Crippen LogP contribution in [0.15, 0.2) is 65.5 Å². The molecule has 1 heterocycles. The van der Waals surface area contributed by atoms with E-state index in [1.54, 1.807) is 31.2 Å². The summed E-state index contributed by atoms with van der Waals surface area (Å²) in [4.78, 5) is 25.3. The number of halogens is 4. The molecule has 0 aliphatic rings. The number of hydrazine groups is 1. The summed E-state index contributed by atoms with van der Waals surface area (Å²) in [5.41, 5.74) is 4.11. The average molecular weight is 422 g/mol. The van der Waals surface area contributed by atoms with Gasteiger partial charge in [0.2, 0.25) is 0 Å². The van der Waals surface area contributed by atoms with E-state index in [2.05, 4.69) is 10.9 Å². The van der Waals surface area contributed by atoms with Gasteiger partial charge in [-0.3, -0.25) is 25.0 Å². The summed E-state index contributed by atoms with van der Waals surface area (Å²) < 4.78 is 40.1. The van der Waals surface area contributed by atoms with Crippen LogP contribution in [0.2, 0.25) is 5.02 Å². The highest BCUT2D eigenvalue weighted by molar-refractivity contribution is 6.30. The molecular formula is C20H15ClF3N3O2. The van der Waals surface area contributed by atoms with Gasteiger partial charge in [0.05, 0.1) is 11.3 Å². The molecule has 3 rings (SSSR count). The number of carbonyl (C=O) groups excluding carboxylic acids is 1. The van der Waals surface area contributed by atoms with Gasteiger partial charge < -0.3 is 0 Å². The molecule has 5 nitrogen and oxygen atoms in total. The smallest absolute Gasteiger partial charge is 0.298 e. The van der Waals surface area contributed by atoms with Crippen molar-refractivity contribution in [2.75, 3.05) is 5.43 Å². The number of hydrogen-bond donors (Lipinski definition) is 2. The molecule has 0 radical (unpaired) electrons. The molecule has 2 N–H and O–H groups in total. The number of pyridine rings is 1. The second-order valence-corrected chi connectivity index (χ2v) is 6.60. The lowest BCUT2D eigenvalue weighted by Gasteiger charge is -2.14. The van der Waals surface area contributed by atoms with Crippen LogP contribution < -0.4 is 16.4 Å². The quantitative estimate of drug-likeness (QED) is 0.606. The van der Waals surface area contributed by atoms with Crippen molar-refractivity contribution in [1.29, 1.82) is 0 Å². The van der Waals surface area contributed by atoms with Crippen LogP contribution in [0.3, 0.4) is 0 Å². The summed E-state index contributed by atoms with van der Waals surface area (Å²) in [5.74, 6) is -0.731. The Morgan fingerprint density at radius 3 is 2.38 bits per heavy atom. The van der Waals surface area contributed by atoms with Crippen molar-refractivity contribution in [3.8, 4) is 5.69 Å². The van der Waals surface area contributed by atoms with E-state index >= 15 is 0 Å². The summed E-state index contributed by atoms with van der Waals surface area (Å²) in [5, 5.41) is 0.518. The van der Waals surface area contributed by atoms with Gasteiger partial charge in [0.1, 0.15) is 5.56 Å². The second-order valence-electron chi connectivity index (χ2n) is 6.16. The highest BCUT2D eigenvalue weighted by Gasteiger charge is 2.30. The first-order chi connectivity index (χ1) is 13.7. The fraction of sp³-hybridized carbons (Fsp3) is 0.100. The number of rotatable bonds is 4. The Morgan fingerprint density at radius 2 is 1.72 bits per heavy atom. The molecule has 1 aromatic heterocycles. The van der Waals surface area contributed by atoms with Crippen LogP contribution in [-0.4, -0.2) is 10.5 Å². The molecule has 0 saturated heterocycles. The Bertz CT molecular complexity index is 1110. The zero-order valence-corrected chi connectivity index (χ0v) is 15.8. The Balaban J connectivity index is 1.92. The maximum Gasteiger partial charge on any atom is 0.416 e. The maximum atomic E-state index is 13.0. The van der Waals surface area contributed by atoms with E-state index < -0.39 is 23.2 Å². The molecular weight excluding hydrogens is 407 g/mol. The van der Waals surface area contributed by atoms with Crippen molar-refractivity contribution in [2.24, 2.45) is 0 Å². The van der Waals surface area contributed by atoms with Crippen LogP contribution in [0.4, 0.5) is 18.9 Å². The number of hydrogen-bond acceptors (Lipinski definition) is 3. The van der Waals surface area contributed by atoms with Crippen LogP contribution in [0.1, 0.15) is 21.6 Å². The van der Waals surface area contributed by atoms with Crippen molar-refractivity contribution in [3.63, 3.8) is 0 Å². The third-order valence-electron chi connectivity index (χ3n) is 4.12. The minimum atomic E-state index is -4.55. The molecule has 0 spiro atoms. The first kappa shape index (κ1) is 20.5. The summed E-state index contributed by atoms with van der Waals surface area (Å²) in [6.45, 7) is 1.56. The van der Waals surface area contributed by atoms with E-state index in [4.69, 9.17) is 11.6 Å². The van der Waals surface area contributed by atoms with Crippen LogP contribution in [-0.2, 0) is 6.18 Å². The van der Waals surface area contributed by atoms with Gasteiger partial charge in [-0.05, 0) is 61.5 Å². The van der Waals surface area contributed by atoms with Crippen LogP contribution in [0.5, 0.6) is 0 Å². The van der Waals surface area contributed by atoms with E-state index in [9.17, 15) is 22.8 Å². The lowest BCUT2D eigenvalue weighted by atomic mass is 10.1. The van der Waals surface area contributed by atoms with Crippen LogP contribution >= 0.6 is 11.6 Å². The Hall–Kier alpha value is -3.26. The summed E-state index contributed by atoms with van der Waals surface area (Å²) in [7, 11) is 0. The van der Waals surface area contributed by atoms with Gasteiger partial charge in [-0.2, -0.15) is 13.2 Å². The average Bonchev–Trinajstić information content (AvgIpc) is 2.67. The summed E-state index contributed by atoms with van der Waals surface area (Å²) in [6, 6.07) is 13.6. The highest BCUT2D eigenvalue weighted by atomic mass is 35.5. The molecule has 29 heavy (non-hydrogen) atoms. The number of aromatic nitrogens is 1. The first-order valence-electron chi connectivity index (χ1n) is 8.39. The molecule has 0 fully saturated rings. The third kappa shape index (κ3) is 4.60. The molecule has 150 valence electrons. The Morgan fingerprint density at radius 1 is 1.03 bits per heavy atom. The van der Waals surface area contributed by atoms with E-state index in [1.807, 2.05) is 0 Å². The number of benzene rings is 2. The number of nitrogens with one attached hydrogen (secondary N) is 2. The van der Waals surface area contributed by atoms with Gasteiger partial charge in [-0.25, -0.2) is 0 Å². The topological polar surface area (TPSA) is 63.1 Å². The van der Waals surface area contributed by atoms with E-state index in [-0.39, 0.29) is 11.3 Å². The lowest BCUT2D eigenvalue weighted by molar-refractivity contribution is -0.137. The number of aryl methyl sites for hydroxylation is 1. The fourth-order valence-corrected chi connectivity index (χ4v) is 2.80. The highest BCUT2D eigenvalue weighted by Crippen LogP contribution is 2.30. The van der Waals surface area contributed by atoms with Crippen molar-refractivity contribution in [2.45, 2.75) is 13.1 Å². The minimum absolute atomic E-state index is 0.0163. The summed E-state index contributed by atoms with van der Waals surface area (Å²) >= 11 is 5.79. The molecule has 0 bridgehead atoms. The molecule has 0 saturated carbocycles. The molecule has 0 aliphatic carbocycles.